The van der Waals surface area contributed by atoms with Crippen LogP contribution in [0.4, 0.5) is 5.95 Å². The second kappa shape index (κ2) is 5.63. The topological polar surface area (TPSA) is 50.3 Å². The van der Waals surface area contributed by atoms with Crippen molar-refractivity contribution >= 4 is 5.95 Å². The maximum atomic E-state index is 5.38. The van der Waals surface area contributed by atoms with E-state index >= 15 is 0 Å². The van der Waals surface area contributed by atoms with Gasteiger partial charge in [-0.3, -0.25) is 0 Å². The molecule has 18 heavy (non-hydrogen) atoms. The van der Waals surface area contributed by atoms with E-state index in [0.29, 0.717) is 5.92 Å². The van der Waals surface area contributed by atoms with Gasteiger partial charge in [0.1, 0.15) is 0 Å². The summed E-state index contributed by atoms with van der Waals surface area (Å²) in [4.78, 5) is 11.3. The smallest absolute Gasteiger partial charge is 0.225 e. The SMILES string of the molecule is c1nc(N2CCNCC2)ncc1C1CCOCC1. The minimum Gasteiger partial charge on any atom is -0.381 e. The summed E-state index contributed by atoms with van der Waals surface area (Å²) in [7, 11) is 0. The molecule has 2 saturated heterocycles. The standard InChI is InChI=1S/C13H20N4O/c1-7-18-8-2-11(1)12-9-15-13(16-10-12)17-5-3-14-4-6-17/h9-11,14H,1-8H2. The van der Waals surface area contributed by atoms with E-state index in [-0.39, 0.29) is 0 Å². The van der Waals surface area contributed by atoms with Crippen molar-refractivity contribution in [1.82, 2.24) is 15.3 Å². The first-order valence-corrected chi connectivity index (χ1v) is 6.79. The van der Waals surface area contributed by atoms with E-state index in [2.05, 4.69) is 20.2 Å². The van der Waals surface area contributed by atoms with E-state index in [4.69, 9.17) is 4.74 Å². The third-order valence-electron chi connectivity index (χ3n) is 3.75. The Morgan fingerprint density at radius 1 is 1.11 bits per heavy atom. The zero-order valence-electron chi connectivity index (χ0n) is 10.6. The van der Waals surface area contributed by atoms with Gasteiger partial charge < -0.3 is 15.0 Å². The molecule has 3 rings (SSSR count). The average molecular weight is 248 g/mol. The number of rotatable bonds is 2. The Morgan fingerprint density at radius 2 is 1.78 bits per heavy atom. The maximum Gasteiger partial charge on any atom is 0.225 e. The third kappa shape index (κ3) is 2.62. The zero-order valence-corrected chi connectivity index (χ0v) is 10.6. The molecule has 2 fully saturated rings. The Labute approximate surface area is 108 Å². The molecule has 2 aliphatic heterocycles. The lowest BCUT2D eigenvalue weighted by Crippen LogP contribution is -2.44. The highest BCUT2D eigenvalue weighted by Gasteiger charge is 2.18. The fraction of sp³-hybridized carbons (Fsp3) is 0.692. The molecule has 0 amide bonds. The van der Waals surface area contributed by atoms with Crippen LogP contribution in [0.2, 0.25) is 0 Å². The molecule has 1 aromatic rings. The van der Waals surface area contributed by atoms with Crippen LogP contribution < -0.4 is 10.2 Å². The molecule has 3 heterocycles. The molecule has 0 saturated carbocycles. The highest BCUT2D eigenvalue weighted by molar-refractivity contribution is 5.31. The molecular weight excluding hydrogens is 228 g/mol. The van der Waals surface area contributed by atoms with Gasteiger partial charge in [-0.05, 0) is 24.3 Å². The minimum atomic E-state index is 0.579. The molecular formula is C13H20N4O. The molecule has 0 aromatic carbocycles. The second-order valence-electron chi connectivity index (χ2n) is 4.94. The summed E-state index contributed by atoms with van der Waals surface area (Å²) in [5.41, 5.74) is 1.26. The summed E-state index contributed by atoms with van der Waals surface area (Å²) in [6.07, 6.45) is 6.19. The van der Waals surface area contributed by atoms with Crippen LogP contribution in [-0.2, 0) is 4.74 Å². The van der Waals surface area contributed by atoms with Crippen molar-refractivity contribution in [3.05, 3.63) is 18.0 Å². The lowest BCUT2D eigenvalue weighted by molar-refractivity contribution is 0.0852. The second-order valence-corrected chi connectivity index (χ2v) is 4.94. The van der Waals surface area contributed by atoms with Crippen molar-refractivity contribution in [3.63, 3.8) is 0 Å². The summed E-state index contributed by atoms with van der Waals surface area (Å²) in [5, 5.41) is 3.34. The monoisotopic (exact) mass is 248 g/mol. The van der Waals surface area contributed by atoms with Crippen molar-refractivity contribution in [2.75, 3.05) is 44.3 Å². The van der Waals surface area contributed by atoms with E-state index in [1.807, 2.05) is 12.4 Å². The molecule has 0 bridgehead atoms. The first-order chi connectivity index (χ1) is 8.93. The van der Waals surface area contributed by atoms with Gasteiger partial charge in [0.25, 0.3) is 0 Å². The zero-order chi connectivity index (χ0) is 12.2. The molecule has 0 atom stereocenters. The summed E-state index contributed by atoms with van der Waals surface area (Å²) < 4.78 is 5.38. The van der Waals surface area contributed by atoms with Gasteiger partial charge in [-0.2, -0.15) is 0 Å². The molecule has 2 aliphatic rings. The number of aromatic nitrogens is 2. The average Bonchev–Trinajstić information content (AvgIpc) is 2.49. The van der Waals surface area contributed by atoms with Gasteiger partial charge in [0, 0.05) is 51.8 Å². The van der Waals surface area contributed by atoms with Gasteiger partial charge in [-0.15, -0.1) is 0 Å². The summed E-state index contributed by atoms with van der Waals surface area (Å²) in [6, 6.07) is 0. The van der Waals surface area contributed by atoms with E-state index in [9.17, 15) is 0 Å². The lowest BCUT2D eigenvalue weighted by atomic mass is 9.94. The summed E-state index contributed by atoms with van der Waals surface area (Å²) in [6.45, 7) is 5.76. The van der Waals surface area contributed by atoms with Gasteiger partial charge in [-0.25, -0.2) is 9.97 Å². The van der Waals surface area contributed by atoms with Gasteiger partial charge in [0.15, 0.2) is 0 Å². The fourth-order valence-electron chi connectivity index (χ4n) is 2.60. The molecule has 98 valence electrons. The molecule has 5 heteroatoms. The largest absolute Gasteiger partial charge is 0.381 e. The van der Waals surface area contributed by atoms with Crippen molar-refractivity contribution in [3.8, 4) is 0 Å². The summed E-state index contributed by atoms with van der Waals surface area (Å²) >= 11 is 0. The first kappa shape index (κ1) is 11.9. The number of ether oxygens (including phenoxy) is 1. The number of anilines is 1. The number of nitrogens with zero attached hydrogens (tertiary/aromatic N) is 3. The van der Waals surface area contributed by atoms with E-state index in [1.165, 1.54) is 5.56 Å². The highest BCUT2D eigenvalue weighted by Crippen LogP contribution is 2.26. The predicted molar refractivity (Wildman–Crippen MR) is 69.9 cm³/mol. The van der Waals surface area contributed by atoms with Crippen LogP contribution in [0.3, 0.4) is 0 Å². The van der Waals surface area contributed by atoms with Crippen molar-refractivity contribution in [2.45, 2.75) is 18.8 Å². The quantitative estimate of drug-likeness (QED) is 0.838. The number of hydrogen-bond donors (Lipinski definition) is 1. The van der Waals surface area contributed by atoms with Crippen molar-refractivity contribution < 1.29 is 4.74 Å². The van der Waals surface area contributed by atoms with Gasteiger partial charge in [0.05, 0.1) is 0 Å². The summed E-state index contributed by atoms with van der Waals surface area (Å²) in [5.74, 6) is 1.45. The number of nitrogens with one attached hydrogen (secondary N) is 1. The van der Waals surface area contributed by atoms with Crippen LogP contribution in [0, 0.1) is 0 Å². The molecule has 1 N–H and O–H groups in total. The third-order valence-corrected chi connectivity index (χ3v) is 3.75. The van der Waals surface area contributed by atoms with Crippen molar-refractivity contribution in [2.24, 2.45) is 0 Å². The highest BCUT2D eigenvalue weighted by atomic mass is 16.5. The number of hydrogen-bond acceptors (Lipinski definition) is 5. The van der Waals surface area contributed by atoms with E-state index in [0.717, 1.165) is 58.2 Å². The van der Waals surface area contributed by atoms with E-state index < -0.39 is 0 Å². The molecule has 0 aliphatic carbocycles. The lowest BCUT2D eigenvalue weighted by Gasteiger charge is -2.28. The van der Waals surface area contributed by atoms with Crippen LogP contribution in [0.1, 0.15) is 24.3 Å². The predicted octanol–water partition coefficient (Wildman–Crippen LogP) is 0.780. The van der Waals surface area contributed by atoms with Crippen LogP contribution in [-0.4, -0.2) is 49.4 Å². The molecule has 1 aromatic heterocycles. The Balaban J connectivity index is 1.67. The van der Waals surface area contributed by atoms with Crippen LogP contribution in [0.15, 0.2) is 12.4 Å². The van der Waals surface area contributed by atoms with Gasteiger partial charge in [0.2, 0.25) is 5.95 Å². The van der Waals surface area contributed by atoms with Gasteiger partial charge in [-0.1, -0.05) is 0 Å². The normalized spacial score (nSPS) is 22.1. The molecule has 0 radical (unpaired) electrons. The minimum absolute atomic E-state index is 0.579. The Kier molecular flexibility index (Phi) is 3.71. The Hall–Kier alpha value is -1.20. The molecule has 0 unspecified atom stereocenters. The molecule has 5 nitrogen and oxygen atoms in total. The van der Waals surface area contributed by atoms with Crippen LogP contribution in [0.25, 0.3) is 0 Å². The first-order valence-electron chi connectivity index (χ1n) is 6.79. The van der Waals surface area contributed by atoms with E-state index in [1.54, 1.807) is 0 Å². The van der Waals surface area contributed by atoms with Crippen LogP contribution >= 0.6 is 0 Å². The maximum absolute atomic E-state index is 5.38. The molecule has 0 spiro atoms. The van der Waals surface area contributed by atoms with Crippen LogP contribution in [0.5, 0.6) is 0 Å². The Morgan fingerprint density at radius 3 is 2.44 bits per heavy atom. The number of piperazine rings is 1. The van der Waals surface area contributed by atoms with Gasteiger partial charge >= 0.3 is 0 Å². The Bertz CT molecular complexity index is 332. The van der Waals surface area contributed by atoms with Crippen molar-refractivity contribution in [1.29, 1.82) is 0 Å². The fourth-order valence-corrected chi connectivity index (χ4v) is 2.60.